The Morgan fingerprint density at radius 1 is 0.636 bits per heavy atom. The van der Waals surface area contributed by atoms with Crippen LogP contribution >= 0.6 is 0 Å². The van der Waals surface area contributed by atoms with Gasteiger partial charge in [-0.2, -0.15) is 0 Å². The van der Waals surface area contributed by atoms with Gasteiger partial charge in [0.15, 0.2) is 5.79 Å². The van der Waals surface area contributed by atoms with Crippen molar-refractivity contribution >= 4 is 0 Å². The van der Waals surface area contributed by atoms with Gasteiger partial charge in [-0.15, -0.1) is 0 Å². The first-order valence-electron chi connectivity index (χ1n) is 10.0. The smallest absolute Gasteiger partial charge is 0.169 e. The highest BCUT2D eigenvalue weighted by molar-refractivity contribution is 4.89. The molecule has 3 fully saturated rings. The van der Waals surface area contributed by atoms with Gasteiger partial charge in [0.1, 0.15) is 0 Å². The van der Waals surface area contributed by atoms with E-state index in [9.17, 15) is 0 Å². The van der Waals surface area contributed by atoms with Crippen LogP contribution in [0.4, 0.5) is 0 Å². The first kappa shape index (κ1) is 16.8. The molecule has 3 rings (SSSR count). The Bertz CT molecular complexity index is 311. The number of hydrogen-bond acceptors (Lipinski definition) is 2. The topological polar surface area (TPSA) is 18.5 Å². The van der Waals surface area contributed by atoms with Gasteiger partial charge in [0.05, 0.1) is 12.2 Å². The van der Waals surface area contributed by atoms with Crippen LogP contribution in [-0.2, 0) is 9.47 Å². The summed E-state index contributed by atoms with van der Waals surface area (Å²) in [6.07, 6.45) is 18.4. The molecule has 4 atom stereocenters. The third-order valence-corrected chi connectivity index (χ3v) is 6.09. The zero-order valence-electron chi connectivity index (χ0n) is 14.8. The van der Waals surface area contributed by atoms with Crippen LogP contribution < -0.4 is 0 Å². The summed E-state index contributed by atoms with van der Waals surface area (Å²) in [6, 6.07) is 0. The molecule has 0 amide bonds. The van der Waals surface area contributed by atoms with Crippen LogP contribution in [-0.4, -0.2) is 18.0 Å². The molecular formula is C20H36O2. The van der Waals surface area contributed by atoms with Gasteiger partial charge >= 0.3 is 0 Å². The minimum Gasteiger partial charge on any atom is -0.347 e. The largest absolute Gasteiger partial charge is 0.347 e. The lowest BCUT2D eigenvalue weighted by atomic mass is 9.73. The summed E-state index contributed by atoms with van der Waals surface area (Å²) in [5.74, 6) is 1.42. The summed E-state index contributed by atoms with van der Waals surface area (Å²) in [4.78, 5) is 0. The maximum atomic E-state index is 6.42. The lowest BCUT2D eigenvalue weighted by Gasteiger charge is -2.49. The quantitative estimate of drug-likeness (QED) is 0.560. The lowest BCUT2D eigenvalue weighted by molar-refractivity contribution is -0.333. The van der Waals surface area contributed by atoms with Crippen molar-refractivity contribution in [3.8, 4) is 0 Å². The fourth-order valence-electron chi connectivity index (χ4n) is 5.31. The van der Waals surface area contributed by atoms with Gasteiger partial charge < -0.3 is 9.47 Å². The molecule has 0 unspecified atom stereocenters. The Kier molecular flexibility index (Phi) is 5.84. The summed E-state index contributed by atoms with van der Waals surface area (Å²) in [5.41, 5.74) is 0. The van der Waals surface area contributed by atoms with Crippen LogP contribution in [0.15, 0.2) is 0 Å². The molecule has 1 spiro atoms. The van der Waals surface area contributed by atoms with E-state index in [2.05, 4.69) is 13.8 Å². The molecule has 0 aromatic carbocycles. The SMILES string of the molecule is C[C@@H]1C[C@@H](C)OC2(C[C@@H]3CCCCCCCCC[C@@H](C3)C2)O1. The van der Waals surface area contributed by atoms with E-state index in [-0.39, 0.29) is 5.79 Å². The predicted octanol–water partition coefficient (Wildman–Crippen LogP) is 5.84. The zero-order valence-corrected chi connectivity index (χ0v) is 14.8. The van der Waals surface area contributed by atoms with Crippen molar-refractivity contribution in [2.75, 3.05) is 0 Å². The summed E-state index contributed by atoms with van der Waals surface area (Å²) in [7, 11) is 0. The van der Waals surface area contributed by atoms with Gasteiger partial charge in [-0.3, -0.25) is 0 Å². The molecule has 2 bridgehead atoms. The van der Waals surface area contributed by atoms with Crippen molar-refractivity contribution < 1.29 is 9.47 Å². The van der Waals surface area contributed by atoms with Crippen LogP contribution in [0, 0.1) is 11.8 Å². The second kappa shape index (κ2) is 7.66. The van der Waals surface area contributed by atoms with Gasteiger partial charge in [0.2, 0.25) is 0 Å². The molecular weight excluding hydrogens is 272 g/mol. The molecule has 1 heterocycles. The van der Waals surface area contributed by atoms with Crippen LogP contribution in [0.25, 0.3) is 0 Å². The molecule has 2 saturated carbocycles. The molecule has 0 radical (unpaired) electrons. The molecule has 1 aliphatic heterocycles. The summed E-state index contributed by atoms with van der Waals surface area (Å²) in [5, 5.41) is 0. The van der Waals surface area contributed by atoms with E-state index in [4.69, 9.17) is 9.47 Å². The predicted molar refractivity (Wildman–Crippen MR) is 90.8 cm³/mol. The van der Waals surface area contributed by atoms with Crippen LogP contribution in [0.1, 0.15) is 97.3 Å². The number of ether oxygens (including phenoxy) is 2. The highest BCUT2D eigenvalue weighted by Crippen LogP contribution is 2.46. The van der Waals surface area contributed by atoms with Crippen molar-refractivity contribution in [1.82, 2.24) is 0 Å². The molecule has 2 heteroatoms. The van der Waals surface area contributed by atoms with Crippen molar-refractivity contribution in [3.63, 3.8) is 0 Å². The highest BCUT2D eigenvalue weighted by atomic mass is 16.7. The third-order valence-electron chi connectivity index (χ3n) is 6.09. The Morgan fingerprint density at radius 3 is 1.59 bits per heavy atom. The highest BCUT2D eigenvalue weighted by Gasteiger charge is 2.46. The molecule has 0 aromatic rings. The molecule has 1 saturated heterocycles. The number of hydrogen-bond donors (Lipinski definition) is 0. The van der Waals surface area contributed by atoms with E-state index in [0.29, 0.717) is 12.2 Å². The molecule has 0 aromatic heterocycles. The Balaban J connectivity index is 1.68. The minimum absolute atomic E-state index is 0.241. The second-order valence-corrected chi connectivity index (χ2v) is 8.43. The molecule has 2 aliphatic carbocycles. The van der Waals surface area contributed by atoms with E-state index in [1.807, 2.05) is 0 Å². The van der Waals surface area contributed by atoms with E-state index < -0.39 is 0 Å². The van der Waals surface area contributed by atoms with E-state index in [1.165, 1.54) is 64.2 Å². The van der Waals surface area contributed by atoms with E-state index in [0.717, 1.165) is 31.1 Å². The maximum absolute atomic E-state index is 6.42. The zero-order chi connectivity index (χ0) is 15.4. The Morgan fingerprint density at radius 2 is 1.09 bits per heavy atom. The molecule has 128 valence electrons. The third kappa shape index (κ3) is 4.47. The first-order chi connectivity index (χ1) is 10.7. The second-order valence-electron chi connectivity index (χ2n) is 8.43. The summed E-state index contributed by atoms with van der Waals surface area (Å²) < 4.78 is 12.8. The summed E-state index contributed by atoms with van der Waals surface area (Å²) in [6.45, 7) is 4.47. The standard InChI is InChI=1S/C20H36O2/c1-16-12-17(2)22-20(21-16)14-18-10-8-6-4-3-5-7-9-11-19(13-18)15-20/h16-19H,3-15H2,1-2H3/t16-,17-,18-,19+/m1/s1. The van der Waals surface area contributed by atoms with Gasteiger partial charge in [0, 0.05) is 12.8 Å². The van der Waals surface area contributed by atoms with Gasteiger partial charge in [-0.1, -0.05) is 57.8 Å². The fourth-order valence-corrected chi connectivity index (χ4v) is 5.31. The molecule has 2 nitrogen and oxygen atoms in total. The average molecular weight is 309 g/mol. The number of rotatable bonds is 0. The van der Waals surface area contributed by atoms with Crippen LogP contribution in [0.3, 0.4) is 0 Å². The molecule has 0 N–H and O–H groups in total. The average Bonchev–Trinajstić information content (AvgIpc) is 2.42. The Labute approximate surface area is 137 Å². The van der Waals surface area contributed by atoms with Crippen molar-refractivity contribution in [2.24, 2.45) is 11.8 Å². The number of fused-ring (bicyclic) bond motifs is 2. The van der Waals surface area contributed by atoms with Crippen molar-refractivity contribution in [2.45, 2.75) is 115 Å². The normalized spacial score (nSPS) is 45.0. The van der Waals surface area contributed by atoms with Crippen LogP contribution in [0.2, 0.25) is 0 Å². The van der Waals surface area contributed by atoms with Gasteiger partial charge in [0.25, 0.3) is 0 Å². The molecule has 3 aliphatic rings. The Hall–Kier alpha value is -0.0800. The minimum atomic E-state index is -0.241. The summed E-state index contributed by atoms with van der Waals surface area (Å²) >= 11 is 0. The maximum Gasteiger partial charge on any atom is 0.169 e. The van der Waals surface area contributed by atoms with E-state index >= 15 is 0 Å². The van der Waals surface area contributed by atoms with E-state index in [1.54, 1.807) is 0 Å². The van der Waals surface area contributed by atoms with Crippen molar-refractivity contribution in [1.29, 1.82) is 0 Å². The van der Waals surface area contributed by atoms with Gasteiger partial charge in [-0.05, 0) is 38.5 Å². The van der Waals surface area contributed by atoms with Gasteiger partial charge in [-0.25, -0.2) is 0 Å². The monoisotopic (exact) mass is 308 g/mol. The van der Waals surface area contributed by atoms with Crippen LogP contribution in [0.5, 0.6) is 0 Å². The fraction of sp³-hybridized carbons (Fsp3) is 1.00. The van der Waals surface area contributed by atoms with Crippen molar-refractivity contribution in [3.05, 3.63) is 0 Å². The first-order valence-corrected chi connectivity index (χ1v) is 10.0. The lowest BCUT2D eigenvalue weighted by Crippen LogP contribution is -2.51. The molecule has 22 heavy (non-hydrogen) atoms.